The van der Waals surface area contributed by atoms with E-state index in [0.29, 0.717) is 16.6 Å². The van der Waals surface area contributed by atoms with Crippen molar-refractivity contribution in [1.29, 1.82) is 0 Å². The molecule has 1 aromatic rings. The van der Waals surface area contributed by atoms with Gasteiger partial charge in [0.15, 0.2) is 0 Å². The van der Waals surface area contributed by atoms with E-state index in [2.05, 4.69) is 0 Å². The summed E-state index contributed by atoms with van der Waals surface area (Å²) in [5, 5.41) is 1.09. The molecule has 2 nitrogen and oxygen atoms in total. The fourth-order valence-corrected chi connectivity index (χ4v) is 2.97. The average Bonchev–Trinajstić information content (AvgIpc) is 2.43. The molecular weight excluding hydrogens is 281 g/mol. The van der Waals surface area contributed by atoms with E-state index in [1.54, 1.807) is 11.0 Å². The monoisotopic (exact) mass is 299 g/mol. The van der Waals surface area contributed by atoms with Crippen LogP contribution in [0.3, 0.4) is 0 Å². The first-order chi connectivity index (χ1) is 9.08. The summed E-state index contributed by atoms with van der Waals surface area (Å²) in [5.41, 5.74) is 1.01. The van der Waals surface area contributed by atoms with Gasteiger partial charge in [-0.15, -0.1) is 0 Å². The summed E-state index contributed by atoms with van der Waals surface area (Å²) in [5.74, 6) is 0.465. The van der Waals surface area contributed by atoms with Crippen LogP contribution in [-0.2, 0) is 11.3 Å². The maximum absolute atomic E-state index is 12.3. The minimum atomic E-state index is 0.210. The van der Waals surface area contributed by atoms with E-state index >= 15 is 0 Å². The van der Waals surface area contributed by atoms with Crippen molar-refractivity contribution >= 4 is 29.1 Å². The van der Waals surface area contributed by atoms with E-state index in [-0.39, 0.29) is 11.8 Å². The lowest BCUT2D eigenvalue weighted by Gasteiger charge is -2.26. The summed E-state index contributed by atoms with van der Waals surface area (Å²) in [4.78, 5) is 14.1. The summed E-state index contributed by atoms with van der Waals surface area (Å²) in [6.45, 7) is 0.590. The molecule has 1 aliphatic rings. The Labute approximate surface area is 124 Å². The van der Waals surface area contributed by atoms with Gasteiger partial charge in [-0.05, 0) is 30.5 Å². The van der Waals surface area contributed by atoms with Gasteiger partial charge in [0.1, 0.15) is 0 Å². The number of hydrogen-bond acceptors (Lipinski definition) is 1. The third-order valence-corrected chi connectivity index (χ3v) is 4.47. The van der Waals surface area contributed by atoms with Gasteiger partial charge in [0.05, 0.1) is 10.0 Å². The first-order valence-corrected chi connectivity index (χ1v) is 7.52. The van der Waals surface area contributed by atoms with Gasteiger partial charge in [-0.3, -0.25) is 4.79 Å². The molecule has 0 saturated heterocycles. The van der Waals surface area contributed by atoms with Crippen LogP contribution in [0.1, 0.15) is 37.7 Å². The number of carbonyl (C=O) groups excluding carboxylic acids is 1. The number of carbonyl (C=O) groups is 1. The summed E-state index contributed by atoms with van der Waals surface area (Å²) in [7, 11) is 1.86. The number of rotatable bonds is 3. The second-order valence-electron chi connectivity index (χ2n) is 5.28. The molecule has 0 unspecified atom stereocenters. The van der Waals surface area contributed by atoms with Crippen LogP contribution in [0, 0.1) is 5.92 Å². The minimum absolute atomic E-state index is 0.210. The third kappa shape index (κ3) is 3.87. The molecular formula is C15H19Cl2NO. The van der Waals surface area contributed by atoms with Gasteiger partial charge in [0, 0.05) is 19.5 Å². The molecule has 4 heteroatoms. The first-order valence-electron chi connectivity index (χ1n) is 6.77. The fourth-order valence-electron chi connectivity index (χ4n) is 2.65. The van der Waals surface area contributed by atoms with Gasteiger partial charge in [0.25, 0.3) is 0 Å². The van der Waals surface area contributed by atoms with E-state index in [0.717, 1.165) is 18.4 Å². The first kappa shape index (κ1) is 14.7. The van der Waals surface area contributed by atoms with E-state index in [1.807, 2.05) is 19.2 Å². The van der Waals surface area contributed by atoms with Gasteiger partial charge in [-0.2, -0.15) is 0 Å². The van der Waals surface area contributed by atoms with E-state index in [1.165, 1.54) is 19.3 Å². The number of hydrogen-bond donors (Lipinski definition) is 0. The highest BCUT2D eigenvalue weighted by atomic mass is 35.5. The molecule has 1 aromatic carbocycles. The quantitative estimate of drug-likeness (QED) is 0.803. The van der Waals surface area contributed by atoms with Gasteiger partial charge in [0.2, 0.25) is 5.91 Å². The van der Waals surface area contributed by atoms with Crippen molar-refractivity contribution in [1.82, 2.24) is 4.90 Å². The molecule has 0 aliphatic heterocycles. The van der Waals surface area contributed by atoms with Gasteiger partial charge in [-0.25, -0.2) is 0 Å². The molecule has 0 radical (unpaired) electrons. The number of nitrogens with zero attached hydrogens (tertiary/aromatic N) is 1. The van der Waals surface area contributed by atoms with Crippen LogP contribution in [-0.4, -0.2) is 17.9 Å². The Hall–Kier alpha value is -0.730. The zero-order chi connectivity index (χ0) is 13.8. The molecule has 0 heterocycles. The zero-order valence-electron chi connectivity index (χ0n) is 11.2. The van der Waals surface area contributed by atoms with E-state index in [9.17, 15) is 4.79 Å². The standard InChI is InChI=1S/C15H19Cl2NO/c1-18(15(19)12-5-3-2-4-6-12)10-11-7-8-13(16)14(17)9-11/h7-9,12H,2-6,10H2,1H3. The van der Waals surface area contributed by atoms with Crippen LogP contribution in [0.4, 0.5) is 0 Å². The van der Waals surface area contributed by atoms with Crippen LogP contribution >= 0.6 is 23.2 Å². The number of halogens is 2. The lowest BCUT2D eigenvalue weighted by Crippen LogP contribution is -2.33. The van der Waals surface area contributed by atoms with Crippen LogP contribution < -0.4 is 0 Å². The predicted octanol–water partition coefficient (Wildman–Crippen LogP) is 4.53. The molecule has 0 atom stereocenters. The molecule has 1 saturated carbocycles. The molecule has 1 aliphatic carbocycles. The second-order valence-corrected chi connectivity index (χ2v) is 6.09. The highest BCUT2D eigenvalue weighted by molar-refractivity contribution is 6.42. The second kappa shape index (κ2) is 6.62. The van der Waals surface area contributed by atoms with Crippen molar-refractivity contribution in [3.63, 3.8) is 0 Å². The predicted molar refractivity (Wildman–Crippen MR) is 79.5 cm³/mol. The molecule has 104 valence electrons. The van der Waals surface area contributed by atoms with Crippen molar-refractivity contribution in [3.8, 4) is 0 Å². The van der Waals surface area contributed by atoms with Gasteiger partial charge in [-0.1, -0.05) is 48.5 Å². The van der Waals surface area contributed by atoms with Crippen LogP contribution in [0.15, 0.2) is 18.2 Å². The molecule has 0 N–H and O–H groups in total. The molecule has 2 rings (SSSR count). The SMILES string of the molecule is CN(Cc1ccc(Cl)c(Cl)c1)C(=O)C1CCCCC1. The Bertz CT molecular complexity index is 455. The lowest BCUT2D eigenvalue weighted by atomic mass is 9.88. The third-order valence-electron chi connectivity index (χ3n) is 3.73. The molecule has 19 heavy (non-hydrogen) atoms. The smallest absolute Gasteiger partial charge is 0.225 e. The zero-order valence-corrected chi connectivity index (χ0v) is 12.7. The van der Waals surface area contributed by atoms with Gasteiger partial charge < -0.3 is 4.90 Å². The largest absolute Gasteiger partial charge is 0.341 e. The summed E-state index contributed by atoms with van der Waals surface area (Å²) < 4.78 is 0. The van der Waals surface area contributed by atoms with Crippen molar-refractivity contribution in [2.24, 2.45) is 5.92 Å². The molecule has 0 spiro atoms. The molecule has 0 bridgehead atoms. The Balaban J connectivity index is 1.97. The van der Waals surface area contributed by atoms with Crippen molar-refractivity contribution < 1.29 is 4.79 Å². The van der Waals surface area contributed by atoms with E-state index < -0.39 is 0 Å². The lowest BCUT2D eigenvalue weighted by molar-refractivity contribution is -0.135. The van der Waals surface area contributed by atoms with Crippen LogP contribution in [0.2, 0.25) is 10.0 Å². The molecule has 1 fully saturated rings. The Morgan fingerprint density at radius 2 is 1.89 bits per heavy atom. The topological polar surface area (TPSA) is 20.3 Å². The van der Waals surface area contributed by atoms with Crippen LogP contribution in [0.25, 0.3) is 0 Å². The Morgan fingerprint density at radius 1 is 1.21 bits per heavy atom. The highest BCUT2D eigenvalue weighted by Crippen LogP contribution is 2.26. The fraction of sp³-hybridized carbons (Fsp3) is 0.533. The van der Waals surface area contributed by atoms with Crippen molar-refractivity contribution in [3.05, 3.63) is 33.8 Å². The highest BCUT2D eigenvalue weighted by Gasteiger charge is 2.23. The Morgan fingerprint density at radius 3 is 2.53 bits per heavy atom. The normalized spacial score (nSPS) is 16.4. The minimum Gasteiger partial charge on any atom is -0.341 e. The number of benzene rings is 1. The average molecular weight is 300 g/mol. The maximum atomic E-state index is 12.3. The molecule has 1 amide bonds. The van der Waals surface area contributed by atoms with Crippen molar-refractivity contribution in [2.75, 3.05) is 7.05 Å². The van der Waals surface area contributed by atoms with Gasteiger partial charge >= 0.3 is 0 Å². The Kier molecular flexibility index (Phi) is 5.12. The van der Waals surface area contributed by atoms with Crippen LogP contribution in [0.5, 0.6) is 0 Å². The van der Waals surface area contributed by atoms with E-state index in [4.69, 9.17) is 23.2 Å². The summed E-state index contributed by atoms with van der Waals surface area (Å²) in [6, 6.07) is 5.52. The maximum Gasteiger partial charge on any atom is 0.225 e. The summed E-state index contributed by atoms with van der Waals surface area (Å²) in [6.07, 6.45) is 5.68. The number of amides is 1. The summed E-state index contributed by atoms with van der Waals surface area (Å²) >= 11 is 11.9. The van der Waals surface area contributed by atoms with Crippen molar-refractivity contribution in [2.45, 2.75) is 38.6 Å². The molecule has 0 aromatic heterocycles.